The summed E-state index contributed by atoms with van der Waals surface area (Å²) >= 11 is 1.30. The molecule has 0 aromatic carbocycles. The number of hydrogen-bond donors (Lipinski definition) is 3. The van der Waals surface area contributed by atoms with Crippen molar-refractivity contribution in [3.63, 3.8) is 0 Å². The molecule has 26 heavy (non-hydrogen) atoms. The van der Waals surface area contributed by atoms with Gasteiger partial charge in [-0.3, -0.25) is 19.7 Å². The minimum atomic E-state index is -1.15. The number of thiophene rings is 1. The zero-order chi connectivity index (χ0) is 19.3. The van der Waals surface area contributed by atoms with Crippen LogP contribution >= 0.6 is 11.3 Å². The molecule has 0 saturated carbocycles. The topological polar surface area (TPSA) is 124 Å². The lowest BCUT2D eigenvalue weighted by Crippen LogP contribution is -2.53. The van der Waals surface area contributed by atoms with E-state index in [0.29, 0.717) is 24.3 Å². The van der Waals surface area contributed by atoms with Crippen LogP contribution in [0.3, 0.4) is 0 Å². The normalized spacial score (nSPS) is 19.1. The number of nitrogens with zero attached hydrogens (tertiary/aromatic N) is 1. The van der Waals surface area contributed by atoms with E-state index in [0.717, 1.165) is 0 Å². The van der Waals surface area contributed by atoms with Crippen LogP contribution in [0, 0.1) is 0 Å². The van der Waals surface area contributed by atoms with E-state index in [9.17, 15) is 29.4 Å². The van der Waals surface area contributed by atoms with E-state index in [1.54, 1.807) is 17.5 Å². The summed E-state index contributed by atoms with van der Waals surface area (Å²) in [6, 6.07) is 0.648. The largest absolute Gasteiger partial charge is 0.480 e. The molecular formula is C17H22N2O6S. The van der Waals surface area contributed by atoms with Crippen LogP contribution in [0.2, 0.25) is 0 Å². The maximum Gasteiger partial charge on any atom is 0.326 e. The Bertz CT molecular complexity index is 675. The van der Waals surface area contributed by atoms with Gasteiger partial charge in [-0.05, 0) is 37.6 Å². The molecule has 1 saturated heterocycles. The van der Waals surface area contributed by atoms with Crippen LogP contribution in [0.5, 0.6) is 0 Å². The van der Waals surface area contributed by atoms with Crippen molar-refractivity contribution in [1.29, 1.82) is 0 Å². The van der Waals surface area contributed by atoms with Crippen molar-refractivity contribution in [3.8, 4) is 0 Å². The first-order valence-corrected chi connectivity index (χ1v) is 9.28. The van der Waals surface area contributed by atoms with Gasteiger partial charge in [0.25, 0.3) is 0 Å². The number of ketones is 1. The van der Waals surface area contributed by atoms with E-state index in [4.69, 9.17) is 0 Å². The summed E-state index contributed by atoms with van der Waals surface area (Å²) in [7, 11) is 0. The van der Waals surface area contributed by atoms with E-state index >= 15 is 0 Å². The molecular weight excluding hydrogens is 360 g/mol. The number of nitrogens with one attached hydrogen (secondary N) is 1. The zero-order valence-electron chi connectivity index (χ0n) is 14.4. The molecule has 3 atom stereocenters. The number of likely N-dealkylation sites (tertiary alicyclic amines) is 1. The van der Waals surface area contributed by atoms with E-state index < -0.39 is 36.0 Å². The van der Waals surface area contributed by atoms with Crippen molar-refractivity contribution in [2.24, 2.45) is 0 Å². The van der Waals surface area contributed by atoms with Gasteiger partial charge in [0.1, 0.15) is 12.1 Å². The van der Waals surface area contributed by atoms with Crippen LogP contribution in [-0.4, -0.2) is 63.4 Å². The lowest BCUT2D eigenvalue weighted by molar-refractivity contribution is -0.149. The smallest absolute Gasteiger partial charge is 0.326 e. The number of aliphatic carboxylic acids is 2. The molecule has 1 fully saturated rings. The minimum Gasteiger partial charge on any atom is -0.480 e. The molecule has 1 unspecified atom stereocenters. The van der Waals surface area contributed by atoms with Gasteiger partial charge in [0.15, 0.2) is 5.78 Å². The third kappa shape index (κ3) is 4.89. The average molecular weight is 382 g/mol. The van der Waals surface area contributed by atoms with Gasteiger partial charge in [-0.1, -0.05) is 6.07 Å². The Morgan fingerprint density at radius 3 is 2.65 bits per heavy atom. The zero-order valence-corrected chi connectivity index (χ0v) is 15.2. The number of carboxylic acids is 2. The third-order valence-corrected chi connectivity index (χ3v) is 5.31. The van der Waals surface area contributed by atoms with Gasteiger partial charge in [-0.2, -0.15) is 0 Å². The quantitative estimate of drug-likeness (QED) is 0.549. The van der Waals surface area contributed by atoms with Gasteiger partial charge in [-0.25, -0.2) is 4.79 Å². The van der Waals surface area contributed by atoms with Gasteiger partial charge in [0, 0.05) is 13.0 Å². The number of carboxylic acid groups (broad SMARTS) is 2. The molecule has 3 N–H and O–H groups in total. The molecule has 1 aromatic heterocycles. The number of carbonyl (C=O) groups excluding carboxylic acids is 2. The summed E-state index contributed by atoms with van der Waals surface area (Å²) in [5.74, 6) is -2.79. The molecule has 2 heterocycles. The Balaban J connectivity index is 1.93. The van der Waals surface area contributed by atoms with Crippen LogP contribution in [-0.2, 0) is 14.4 Å². The maximum atomic E-state index is 12.5. The second-order valence-corrected chi connectivity index (χ2v) is 7.19. The fourth-order valence-corrected chi connectivity index (χ4v) is 3.72. The number of carbonyl (C=O) groups is 4. The Kier molecular flexibility index (Phi) is 6.87. The molecule has 0 bridgehead atoms. The summed E-state index contributed by atoms with van der Waals surface area (Å²) in [4.78, 5) is 49.0. The molecule has 2 rings (SSSR count). The van der Waals surface area contributed by atoms with Crippen LogP contribution in [0.15, 0.2) is 17.5 Å². The van der Waals surface area contributed by atoms with Crippen molar-refractivity contribution in [3.05, 3.63) is 22.4 Å². The molecule has 8 nitrogen and oxygen atoms in total. The Morgan fingerprint density at radius 2 is 2.08 bits per heavy atom. The van der Waals surface area contributed by atoms with Crippen LogP contribution in [0.4, 0.5) is 0 Å². The molecule has 1 amide bonds. The highest BCUT2D eigenvalue weighted by Gasteiger charge is 2.36. The van der Waals surface area contributed by atoms with Gasteiger partial charge in [0.05, 0.1) is 10.9 Å². The minimum absolute atomic E-state index is 0.0477. The first-order chi connectivity index (χ1) is 12.3. The van der Waals surface area contributed by atoms with Gasteiger partial charge < -0.3 is 15.1 Å². The first-order valence-electron chi connectivity index (χ1n) is 8.40. The van der Waals surface area contributed by atoms with Gasteiger partial charge in [-0.15, -0.1) is 11.3 Å². The number of hydrogen-bond acceptors (Lipinski definition) is 6. The summed E-state index contributed by atoms with van der Waals surface area (Å²) in [5.41, 5.74) is 0. The van der Waals surface area contributed by atoms with Crippen molar-refractivity contribution in [2.75, 3.05) is 6.54 Å². The van der Waals surface area contributed by atoms with Crippen LogP contribution < -0.4 is 5.32 Å². The lowest BCUT2D eigenvalue weighted by Gasteiger charge is -2.27. The Hall–Kier alpha value is -2.26. The number of Topliss-reactive ketones (excluding diaryl/α,β-unsaturated/α-hetero) is 1. The lowest BCUT2D eigenvalue weighted by atomic mass is 10.1. The van der Waals surface area contributed by atoms with Gasteiger partial charge in [0.2, 0.25) is 5.91 Å². The molecule has 0 radical (unpaired) electrons. The van der Waals surface area contributed by atoms with Gasteiger partial charge >= 0.3 is 11.9 Å². The SMILES string of the molecule is C[C@H](NC(CCC(=O)c1cccs1)C(=O)O)C(=O)N1CCC[C@H]1C(=O)O. The summed E-state index contributed by atoms with van der Waals surface area (Å²) in [6.07, 6.45) is 1.09. The standard InChI is InChI=1S/C17H22N2O6S/c1-10(15(21)19-8-2-4-12(19)17(24)25)18-11(16(22)23)6-7-13(20)14-5-3-9-26-14/h3,5,9-12,18H,2,4,6-8H2,1H3,(H,22,23)(H,24,25)/t10-,11?,12-/m0/s1. The molecule has 1 aromatic rings. The second kappa shape index (κ2) is 8.91. The van der Waals surface area contributed by atoms with E-state index in [1.807, 2.05) is 0 Å². The Labute approximate surface area is 154 Å². The summed E-state index contributed by atoms with van der Waals surface area (Å²) in [6.45, 7) is 1.85. The van der Waals surface area contributed by atoms with Crippen molar-refractivity contribution >= 4 is 35.0 Å². The highest BCUT2D eigenvalue weighted by atomic mass is 32.1. The number of rotatable bonds is 9. The molecule has 9 heteroatoms. The molecule has 1 aliphatic rings. The van der Waals surface area contributed by atoms with E-state index in [2.05, 4.69) is 5.32 Å². The van der Waals surface area contributed by atoms with E-state index in [1.165, 1.54) is 23.2 Å². The average Bonchev–Trinajstić information content (AvgIpc) is 3.28. The predicted molar refractivity (Wildman–Crippen MR) is 94.3 cm³/mol. The van der Waals surface area contributed by atoms with Crippen LogP contribution in [0.25, 0.3) is 0 Å². The fourth-order valence-electron chi connectivity index (χ4n) is 3.02. The van der Waals surface area contributed by atoms with E-state index in [-0.39, 0.29) is 18.6 Å². The first kappa shape index (κ1) is 20.1. The van der Waals surface area contributed by atoms with Crippen molar-refractivity contribution < 1.29 is 29.4 Å². The predicted octanol–water partition coefficient (Wildman–Crippen LogP) is 1.22. The molecule has 0 spiro atoms. The highest BCUT2D eigenvalue weighted by molar-refractivity contribution is 7.12. The highest BCUT2D eigenvalue weighted by Crippen LogP contribution is 2.19. The second-order valence-electron chi connectivity index (χ2n) is 6.25. The van der Waals surface area contributed by atoms with Crippen molar-refractivity contribution in [1.82, 2.24) is 10.2 Å². The third-order valence-electron chi connectivity index (χ3n) is 4.40. The Morgan fingerprint density at radius 1 is 1.35 bits per heavy atom. The maximum absolute atomic E-state index is 12.5. The molecule has 142 valence electrons. The molecule has 1 aliphatic heterocycles. The fraction of sp³-hybridized carbons (Fsp3) is 0.529. The molecule has 0 aliphatic carbocycles. The number of amides is 1. The monoisotopic (exact) mass is 382 g/mol. The summed E-state index contributed by atoms with van der Waals surface area (Å²) < 4.78 is 0. The van der Waals surface area contributed by atoms with Crippen LogP contribution in [0.1, 0.15) is 42.3 Å². The van der Waals surface area contributed by atoms with Crippen molar-refractivity contribution in [2.45, 2.75) is 50.7 Å². The summed E-state index contributed by atoms with van der Waals surface area (Å²) in [5, 5.41) is 23.0.